The van der Waals surface area contributed by atoms with Crippen molar-refractivity contribution in [2.45, 2.75) is 18.2 Å². The van der Waals surface area contributed by atoms with Crippen LogP contribution < -0.4 is 0 Å². The molecule has 5 nitrogen and oxygen atoms in total. The highest BCUT2D eigenvalue weighted by Crippen LogP contribution is 2.33. The number of rotatable bonds is 5. The predicted molar refractivity (Wildman–Crippen MR) is 96.7 cm³/mol. The molecule has 0 spiro atoms. The molecule has 1 aliphatic rings. The SMILES string of the molecule is O=C1OC(CO)(COC(=O)c2ccc(C(F)(F)F)cc2)C/C1=C\c1ccccc1. The minimum Gasteiger partial charge on any atom is -0.458 e. The number of esters is 2. The van der Waals surface area contributed by atoms with Gasteiger partial charge >= 0.3 is 18.1 Å². The van der Waals surface area contributed by atoms with Crippen molar-refractivity contribution >= 4 is 18.0 Å². The van der Waals surface area contributed by atoms with Gasteiger partial charge in [-0.1, -0.05) is 30.3 Å². The summed E-state index contributed by atoms with van der Waals surface area (Å²) >= 11 is 0. The van der Waals surface area contributed by atoms with Gasteiger partial charge < -0.3 is 14.6 Å². The first-order valence-electron chi connectivity index (χ1n) is 8.67. The molecule has 1 N–H and O–H groups in total. The van der Waals surface area contributed by atoms with Crippen LogP contribution in [0.15, 0.2) is 60.2 Å². The molecule has 152 valence electrons. The zero-order valence-corrected chi connectivity index (χ0v) is 15.1. The van der Waals surface area contributed by atoms with Crippen molar-refractivity contribution < 1.29 is 37.3 Å². The van der Waals surface area contributed by atoms with Crippen molar-refractivity contribution in [2.24, 2.45) is 0 Å². The Hall–Kier alpha value is -3.13. The fourth-order valence-corrected chi connectivity index (χ4v) is 2.87. The normalized spacial score (nSPS) is 20.6. The number of cyclic esters (lactones) is 1. The van der Waals surface area contributed by atoms with Gasteiger partial charge in [0.15, 0.2) is 5.60 Å². The number of hydrogen-bond acceptors (Lipinski definition) is 5. The zero-order valence-electron chi connectivity index (χ0n) is 15.1. The largest absolute Gasteiger partial charge is 0.458 e. The van der Waals surface area contributed by atoms with E-state index in [4.69, 9.17) is 9.47 Å². The third-order valence-electron chi connectivity index (χ3n) is 4.43. The lowest BCUT2D eigenvalue weighted by atomic mass is 9.98. The van der Waals surface area contributed by atoms with Crippen LogP contribution in [0.1, 0.15) is 27.9 Å². The van der Waals surface area contributed by atoms with Crippen LogP contribution in [0.2, 0.25) is 0 Å². The minimum atomic E-state index is -4.51. The molecular formula is C21H17F3O5. The highest BCUT2D eigenvalue weighted by molar-refractivity contribution is 5.96. The second-order valence-corrected chi connectivity index (χ2v) is 6.64. The molecule has 1 fully saturated rings. The van der Waals surface area contributed by atoms with Crippen LogP contribution in [-0.2, 0) is 20.4 Å². The molecule has 29 heavy (non-hydrogen) atoms. The Balaban J connectivity index is 1.68. The molecule has 1 unspecified atom stereocenters. The Kier molecular flexibility index (Phi) is 5.74. The molecule has 1 heterocycles. The third kappa shape index (κ3) is 4.83. The zero-order chi connectivity index (χ0) is 21.1. The molecule has 8 heteroatoms. The molecule has 0 amide bonds. The van der Waals surface area contributed by atoms with Crippen LogP contribution in [0.4, 0.5) is 13.2 Å². The van der Waals surface area contributed by atoms with E-state index in [1.165, 1.54) is 0 Å². The van der Waals surface area contributed by atoms with Crippen molar-refractivity contribution in [3.05, 3.63) is 76.9 Å². The number of ether oxygens (including phenoxy) is 2. The molecule has 2 aromatic carbocycles. The van der Waals surface area contributed by atoms with Gasteiger partial charge in [0.2, 0.25) is 0 Å². The second kappa shape index (κ2) is 8.08. The van der Waals surface area contributed by atoms with E-state index in [1.54, 1.807) is 30.3 Å². The second-order valence-electron chi connectivity index (χ2n) is 6.64. The maximum atomic E-state index is 12.6. The number of aliphatic hydroxyl groups is 1. The number of alkyl halides is 3. The van der Waals surface area contributed by atoms with Gasteiger partial charge in [-0.05, 0) is 35.9 Å². The van der Waals surface area contributed by atoms with Gasteiger partial charge in [-0.3, -0.25) is 0 Å². The van der Waals surface area contributed by atoms with Crippen LogP contribution in [0.25, 0.3) is 6.08 Å². The lowest BCUT2D eigenvalue weighted by molar-refractivity contribution is -0.154. The fraction of sp³-hybridized carbons (Fsp3) is 0.238. The Morgan fingerprint density at radius 1 is 1.14 bits per heavy atom. The Labute approximate surface area is 164 Å². The van der Waals surface area contributed by atoms with Gasteiger partial charge in [0.05, 0.1) is 17.7 Å². The highest BCUT2D eigenvalue weighted by atomic mass is 19.4. The summed E-state index contributed by atoms with van der Waals surface area (Å²) in [5.74, 6) is -1.52. The van der Waals surface area contributed by atoms with E-state index in [9.17, 15) is 27.9 Å². The van der Waals surface area contributed by atoms with E-state index >= 15 is 0 Å². The topological polar surface area (TPSA) is 72.8 Å². The van der Waals surface area contributed by atoms with Gasteiger partial charge in [0.25, 0.3) is 0 Å². The van der Waals surface area contributed by atoms with E-state index in [-0.39, 0.29) is 12.0 Å². The summed E-state index contributed by atoms with van der Waals surface area (Å²) in [5.41, 5.74) is -1.32. The summed E-state index contributed by atoms with van der Waals surface area (Å²) in [5, 5.41) is 9.71. The molecule has 0 saturated carbocycles. The van der Waals surface area contributed by atoms with Gasteiger partial charge in [-0.15, -0.1) is 0 Å². The van der Waals surface area contributed by atoms with E-state index in [0.29, 0.717) is 5.57 Å². The van der Waals surface area contributed by atoms with Gasteiger partial charge in [-0.2, -0.15) is 13.2 Å². The molecule has 1 aliphatic heterocycles. The number of aliphatic hydroxyl groups excluding tert-OH is 1. The molecule has 0 aliphatic carbocycles. The summed E-state index contributed by atoms with van der Waals surface area (Å²) in [6, 6.07) is 12.6. The minimum absolute atomic E-state index is 0.0253. The highest BCUT2D eigenvalue weighted by Gasteiger charge is 2.44. The quantitative estimate of drug-likeness (QED) is 0.607. The Morgan fingerprint density at radius 2 is 1.79 bits per heavy atom. The number of halogens is 3. The summed E-state index contributed by atoms with van der Waals surface area (Å²) in [6.45, 7) is -1.01. The molecule has 0 aromatic heterocycles. The first-order chi connectivity index (χ1) is 13.7. The van der Waals surface area contributed by atoms with E-state index < -0.39 is 42.5 Å². The maximum absolute atomic E-state index is 12.6. The predicted octanol–water partition coefficient (Wildman–Crippen LogP) is 3.62. The van der Waals surface area contributed by atoms with Crippen molar-refractivity contribution in [3.63, 3.8) is 0 Å². The smallest absolute Gasteiger partial charge is 0.416 e. The van der Waals surface area contributed by atoms with Gasteiger partial charge in [0.1, 0.15) is 6.61 Å². The van der Waals surface area contributed by atoms with Crippen molar-refractivity contribution in [1.29, 1.82) is 0 Å². The van der Waals surface area contributed by atoms with Crippen LogP contribution in [0, 0.1) is 0 Å². The first kappa shape index (κ1) is 20.6. The van der Waals surface area contributed by atoms with Crippen LogP contribution in [0.3, 0.4) is 0 Å². The molecule has 1 saturated heterocycles. The summed E-state index contributed by atoms with van der Waals surface area (Å²) in [6.07, 6.45) is -2.86. The van der Waals surface area contributed by atoms with Crippen LogP contribution in [-0.4, -0.2) is 35.9 Å². The monoisotopic (exact) mass is 406 g/mol. The molecule has 1 atom stereocenters. The van der Waals surface area contributed by atoms with Gasteiger partial charge in [-0.25, -0.2) is 9.59 Å². The van der Waals surface area contributed by atoms with E-state index in [2.05, 4.69) is 0 Å². The summed E-state index contributed by atoms with van der Waals surface area (Å²) in [7, 11) is 0. The summed E-state index contributed by atoms with van der Waals surface area (Å²) in [4.78, 5) is 24.3. The maximum Gasteiger partial charge on any atom is 0.416 e. The fourth-order valence-electron chi connectivity index (χ4n) is 2.87. The summed E-state index contributed by atoms with van der Waals surface area (Å²) < 4.78 is 48.1. The third-order valence-corrected chi connectivity index (χ3v) is 4.43. The molecule has 2 aromatic rings. The number of benzene rings is 2. The average Bonchev–Trinajstić information content (AvgIpc) is 3.02. The molecule has 3 rings (SSSR count). The van der Waals surface area contributed by atoms with Gasteiger partial charge in [0, 0.05) is 12.0 Å². The number of carbonyl (C=O) groups excluding carboxylic acids is 2. The van der Waals surface area contributed by atoms with Crippen LogP contribution >= 0.6 is 0 Å². The Bertz CT molecular complexity index is 920. The lowest BCUT2D eigenvalue weighted by Crippen LogP contribution is -2.39. The van der Waals surface area contributed by atoms with Crippen LogP contribution in [0.5, 0.6) is 0 Å². The Morgan fingerprint density at radius 3 is 2.38 bits per heavy atom. The van der Waals surface area contributed by atoms with Crippen molar-refractivity contribution in [2.75, 3.05) is 13.2 Å². The van der Waals surface area contributed by atoms with Crippen molar-refractivity contribution in [3.8, 4) is 0 Å². The molecule has 0 bridgehead atoms. The van der Waals surface area contributed by atoms with E-state index in [1.807, 2.05) is 6.07 Å². The standard InChI is InChI=1S/C21H17F3O5/c22-21(23,24)17-8-6-15(7-9-17)18(26)28-13-20(12-25)11-16(19(27)29-20)10-14-4-2-1-3-5-14/h1-10,25H,11-13H2/b16-10+. The molecular weight excluding hydrogens is 389 g/mol. The number of hydrogen-bond donors (Lipinski definition) is 1. The molecule has 0 radical (unpaired) electrons. The first-order valence-corrected chi connectivity index (χ1v) is 8.67. The lowest BCUT2D eigenvalue weighted by Gasteiger charge is -2.24. The number of carbonyl (C=O) groups is 2. The average molecular weight is 406 g/mol. The van der Waals surface area contributed by atoms with E-state index in [0.717, 1.165) is 29.8 Å². The van der Waals surface area contributed by atoms with Crippen molar-refractivity contribution in [1.82, 2.24) is 0 Å².